The Hall–Kier alpha value is -1.13. The van der Waals surface area contributed by atoms with Gasteiger partial charge in [0, 0.05) is 31.5 Å². The second-order valence-electron chi connectivity index (χ2n) is 5.04. The van der Waals surface area contributed by atoms with Gasteiger partial charge in [0.1, 0.15) is 5.75 Å². The summed E-state index contributed by atoms with van der Waals surface area (Å²) < 4.78 is 5.37. The van der Waals surface area contributed by atoms with Crippen LogP contribution in [0.2, 0.25) is 0 Å². The fourth-order valence-electron chi connectivity index (χ4n) is 2.37. The molecule has 0 aromatic carbocycles. The highest BCUT2D eigenvalue weighted by molar-refractivity contribution is 5.27. The fourth-order valence-corrected chi connectivity index (χ4v) is 2.37. The number of nitrogens with one attached hydrogen (secondary N) is 1. The highest BCUT2D eigenvalue weighted by Gasteiger charge is 2.20. The van der Waals surface area contributed by atoms with Gasteiger partial charge in [-0.15, -0.1) is 0 Å². The summed E-state index contributed by atoms with van der Waals surface area (Å²) in [5, 5.41) is 13.2. The molecule has 1 aromatic rings. The average Bonchev–Trinajstić information content (AvgIpc) is 2.40. The number of aryl methyl sites for hydroxylation is 1. The van der Waals surface area contributed by atoms with Gasteiger partial charge in [-0.3, -0.25) is 4.98 Å². The minimum atomic E-state index is 0.271. The number of aromatic hydroxyl groups is 1. The van der Waals surface area contributed by atoms with E-state index in [-0.39, 0.29) is 5.75 Å². The van der Waals surface area contributed by atoms with Gasteiger partial charge in [0.15, 0.2) is 0 Å². The maximum absolute atomic E-state index is 9.74. The second kappa shape index (κ2) is 6.16. The molecule has 1 aromatic heterocycles. The smallest absolute Gasteiger partial charge is 0.138 e. The summed E-state index contributed by atoms with van der Waals surface area (Å²) >= 11 is 0. The fraction of sp³-hybridized carbons (Fsp3) is 0.643. The molecule has 2 heterocycles. The predicted molar refractivity (Wildman–Crippen MR) is 70.5 cm³/mol. The summed E-state index contributed by atoms with van der Waals surface area (Å²) in [5.41, 5.74) is 1.66. The maximum Gasteiger partial charge on any atom is 0.138 e. The van der Waals surface area contributed by atoms with Crippen LogP contribution in [0.1, 0.15) is 31.2 Å². The molecule has 0 spiro atoms. The first-order chi connectivity index (χ1) is 8.66. The van der Waals surface area contributed by atoms with Crippen LogP contribution in [0, 0.1) is 12.8 Å². The Morgan fingerprint density at radius 2 is 2.17 bits per heavy atom. The average molecular weight is 250 g/mol. The Kier molecular flexibility index (Phi) is 4.55. The molecule has 0 saturated carbocycles. The largest absolute Gasteiger partial charge is 0.506 e. The third-order valence-electron chi connectivity index (χ3n) is 3.65. The molecule has 0 aliphatic carbocycles. The zero-order valence-corrected chi connectivity index (χ0v) is 11.1. The first-order valence-electron chi connectivity index (χ1n) is 6.63. The van der Waals surface area contributed by atoms with E-state index >= 15 is 0 Å². The van der Waals surface area contributed by atoms with E-state index in [1.807, 2.05) is 13.0 Å². The van der Waals surface area contributed by atoms with E-state index in [2.05, 4.69) is 17.2 Å². The number of ether oxygens (including phenoxy) is 1. The van der Waals surface area contributed by atoms with Gasteiger partial charge in [-0.2, -0.15) is 0 Å². The van der Waals surface area contributed by atoms with Crippen molar-refractivity contribution in [1.82, 2.24) is 10.3 Å². The number of pyridine rings is 1. The topological polar surface area (TPSA) is 54.4 Å². The van der Waals surface area contributed by atoms with Crippen molar-refractivity contribution in [3.8, 4) is 5.75 Å². The molecule has 18 heavy (non-hydrogen) atoms. The zero-order chi connectivity index (χ0) is 13.0. The van der Waals surface area contributed by atoms with Crippen molar-refractivity contribution in [3.05, 3.63) is 23.5 Å². The van der Waals surface area contributed by atoms with E-state index in [1.54, 1.807) is 6.07 Å². The summed E-state index contributed by atoms with van der Waals surface area (Å²) in [4.78, 5) is 4.35. The molecule has 2 N–H and O–H groups in total. The van der Waals surface area contributed by atoms with Crippen molar-refractivity contribution in [2.75, 3.05) is 13.2 Å². The van der Waals surface area contributed by atoms with Crippen molar-refractivity contribution in [1.29, 1.82) is 0 Å². The first-order valence-corrected chi connectivity index (χ1v) is 6.63. The van der Waals surface area contributed by atoms with Crippen LogP contribution in [0.25, 0.3) is 0 Å². The number of hydrogen-bond donors (Lipinski definition) is 2. The van der Waals surface area contributed by atoms with Crippen LogP contribution in [0.4, 0.5) is 0 Å². The molecule has 4 heteroatoms. The second-order valence-corrected chi connectivity index (χ2v) is 5.04. The van der Waals surface area contributed by atoms with Gasteiger partial charge >= 0.3 is 0 Å². The first kappa shape index (κ1) is 13.3. The molecule has 0 bridgehead atoms. The van der Waals surface area contributed by atoms with Crippen LogP contribution >= 0.6 is 0 Å². The van der Waals surface area contributed by atoms with Crippen LogP contribution in [-0.4, -0.2) is 29.3 Å². The third kappa shape index (κ3) is 3.43. The summed E-state index contributed by atoms with van der Waals surface area (Å²) in [6.45, 7) is 6.48. The van der Waals surface area contributed by atoms with Crippen LogP contribution in [0.15, 0.2) is 12.1 Å². The minimum Gasteiger partial charge on any atom is -0.506 e. The van der Waals surface area contributed by atoms with Gasteiger partial charge in [0.2, 0.25) is 0 Å². The van der Waals surface area contributed by atoms with E-state index in [0.29, 0.717) is 18.5 Å². The molecule has 1 saturated heterocycles. The van der Waals surface area contributed by atoms with E-state index in [4.69, 9.17) is 4.74 Å². The number of rotatable bonds is 4. The number of aromatic nitrogens is 1. The lowest BCUT2D eigenvalue weighted by Crippen LogP contribution is -2.36. The standard InChI is InChI=1S/C14H22N2O2/c1-10-3-4-14(17)13(16-10)9-15-11(2)12-5-7-18-8-6-12/h3-4,11-12,15,17H,5-9H2,1-2H3. The van der Waals surface area contributed by atoms with Gasteiger partial charge in [-0.1, -0.05) is 0 Å². The van der Waals surface area contributed by atoms with Crippen molar-refractivity contribution in [2.24, 2.45) is 5.92 Å². The van der Waals surface area contributed by atoms with Crippen molar-refractivity contribution in [3.63, 3.8) is 0 Å². The van der Waals surface area contributed by atoms with Crippen LogP contribution in [0.5, 0.6) is 5.75 Å². The maximum atomic E-state index is 9.74. The summed E-state index contributed by atoms with van der Waals surface area (Å²) in [5.74, 6) is 0.929. The third-order valence-corrected chi connectivity index (χ3v) is 3.65. The van der Waals surface area contributed by atoms with Gasteiger partial charge in [-0.25, -0.2) is 0 Å². The molecule has 0 amide bonds. The molecule has 1 fully saturated rings. The molecular formula is C14H22N2O2. The summed E-state index contributed by atoms with van der Waals surface area (Å²) in [6.07, 6.45) is 2.22. The SMILES string of the molecule is Cc1ccc(O)c(CNC(C)C2CCOCC2)n1. The van der Waals surface area contributed by atoms with Crippen molar-refractivity contribution >= 4 is 0 Å². The highest BCUT2D eigenvalue weighted by atomic mass is 16.5. The van der Waals surface area contributed by atoms with Crippen LogP contribution in [0.3, 0.4) is 0 Å². The monoisotopic (exact) mass is 250 g/mol. The Morgan fingerprint density at radius 3 is 2.89 bits per heavy atom. The Labute approximate surface area is 108 Å². The van der Waals surface area contributed by atoms with E-state index < -0.39 is 0 Å². The van der Waals surface area contributed by atoms with Crippen molar-refractivity contribution < 1.29 is 9.84 Å². The lowest BCUT2D eigenvalue weighted by atomic mass is 9.93. The lowest BCUT2D eigenvalue weighted by Gasteiger charge is -2.28. The van der Waals surface area contributed by atoms with Gasteiger partial charge < -0.3 is 15.2 Å². The predicted octanol–water partition coefficient (Wildman–Crippen LogP) is 2.00. The van der Waals surface area contributed by atoms with Crippen LogP contribution < -0.4 is 5.32 Å². The Morgan fingerprint density at radius 1 is 1.44 bits per heavy atom. The van der Waals surface area contributed by atoms with E-state index in [0.717, 1.165) is 37.4 Å². The number of nitrogens with zero attached hydrogens (tertiary/aromatic N) is 1. The molecule has 1 atom stereocenters. The zero-order valence-electron chi connectivity index (χ0n) is 11.1. The summed E-state index contributed by atoms with van der Waals surface area (Å²) in [6, 6.07) is 3.95. The molecular weight excluding hydrogens is 228 g/mol. The quantitative estimate of drug-likeness (QED) is 0.858. The Balaban J connectivity index is 1.88. The van der Waals surface area contributed by atoms with Crippen molar-refractivity contribution in [2.45, 2.75) is 39.3 Å². The molecule has 1 unspecified atom stereocenters. The molecule has 1 aliphatic rings. The normalized spacial score (nSPS) is 18.8. The summed E-state index contributed by atoms with van der Waals surface area (Å²) in [7, 11) is 0. The van der Waals surface area contributed by atoms with Gasteiger partial charge in [0.05, 0.1) is 5.69 Å². The number of hydrogen-bond acceptors (Lipinski definition) is 4. The van der Waals surface area contributed by atoms with Crippen LogP contribution in [-0.2, 0) is 11.3 Å². The lowest BCUT2D eigenvalue weighted by molar-refractivity contribution is 0.0557. The molecule has 0 radical (unpaired) electrons. The molecule has 2 rings (SSSR count). The van der Waals surface area contributed by atoms with E-state index in [1.165, 1.54) is 0 Å². The highest BCUT2D eigenvalue weighted by Crippen LogP contribution is 2.20. The molecule has 4 nitrogen and oxygen atoms in total. The van der Waals surface area contributed by atoms with E-state index in [9.17, 15) is 5.11 Å². The molecule has 100 valence electrons. The Bertz CT molecular complexity index is 389. The van der Waals surface area contributed by atoms with Gasteiger partial charge in [0.25, 0.3) is 0 Å². The molecule has 1 aliphatic heterocycles. The minimum absolute atomic E-state index is 0.271. The van der Waals surface area contributed by atoms with Gasteiger partial charge in [-0.05, 0) is 44.7 Å².